The van der Waals surface area contributed by atoms with Crippen LogP contribution in [0.2, 0.25) is 0 Å². The maximum atomic E-state index is 12.6. The van der Waals surface area contributed by atoms with Gasteiger partial charge >= 0.3 is 5.97 Å². The summed E-state index contributed by atoms with van der Waals surface area (Å²) in [5, 5.41) is 14.1. The van der Waals surface area contributed by atoms with Gasteiger partial charge in [-0.1, -0.05) is 24.3 Å². The lowest BCUT2D eigenvalue weighted by Crippen LogP contribution is -2.28. The highest BCUT2D eigenvalue weighted by atomic mass is 16.4. The first-order valence-corrected chi connectivity index (χ1v) is 9.06. The number of amides is 2. The first-order valence-electron chi connectivity index (χ1n) is 9.06. The molecule has 5 rings (SSSR count). The van der Waals surface area contributed by atoms with Crippen molar-refractivity contribution in [2.75, 3.05) is 0 Å². The predicted octanol–water partition coefficient (Wildman–Crippen LogP) is 2.79. The van der Waals surface area contributed by atoms with Crippen LogP contribution in [0.4, 0.5) is 0 Å². The number of carbonyl (C=O) groups excluding carboxylic acids is 2. The van der Waals surface area contributed by atoms with E-state index in [-0.39, 0.29) is 41.0 Å². The number of nitrogens with zero attached hydrogens (tertiary/aromatic N) is 2. The molecule has 28 heavy (non-hydrogen) atoms. The van der Waals surface area contributed by atoms with Crippen molar-refractivity contribution < 1.29 is 23.9 Å². The van der Waals surface area contributed by atoms with E-state index in [1.807, 2.05) is 12.2 Å². The Labute approximate surface area is 159 Å². The number of imide groups is 1. The minimum absolute atomic E-state index is 0.142. The number of aromatic carboxylic acids is 1. The van der Waals surface area contributed by atoms with Crippen LogP contribution in [0, 0.1) is 23.7 Å². The minimum atomic E-state index is -1.02. The average Bonchev–Trinajstić information content (AvgIpc) is 3.46. The van der Waals surface area contributed by atoms with Crippen LogP contribution >= 0.6 is 0 Å². The predicted molar refractivity (Wildman–Crippen MR) is 98.3 cm³/mol. The van der Waals surface area contributed by atoms with Crippen molar-refractivity contribution in [2.45, 2.75) is 6.42 Å². The van der Waals surface area contributed by atoms with E-state index in [0.29, 0.717) is 17.1 Å². The van der Waals surface area contributed by atoms with Crippen LogP contribution in [0.15, 0.2) is 58.1 Å². The average molecular weight is 376 g/mol. The van der Waals surface area contributed by atoms with Gasteiger partial charge in [0, 0.05) is 5.56 Å². The fourth-order valence-electron chi connectivity index (χ4n) is 4.50. The fraction of sp³-hybridized carbons (Fsp3) is 0.238. The van der Waals surface area contributed by atoms with Gasteiger partial charge in [-0.25, -0.2) is 4.79 Å². The molecule has 2 aromatic rings. The maximum Gasteiger partial charge on any atom is 0.335 e. The molecule has 0 spiro atoms. The van der Waals surface area contributed by atoms with Gasteiger partial charge in [0.25, 0.3) is 11.8 Å². The van der Waals surface area contributed by atoms with E-state index in [2.05, 4.69) is 5.10 Å². The Morgan fingerprint density at radius 3 is 2.50 bits per heavy atom. The van der Waals surface area contributed by atoms with Gasteiger partial charge in [0.05, 0.1) is 23.6 Å². The van der Waals surface area contributed by atoms with Gasteiger partial charge < -0.3 is 9.52 Å². The Hall–Kier alpha value is -3.48. The van der Waals surface area contributed by atoms with Crippen LogP contribution in [-0.4, -0.2) is 34.1 Å². The number of hydrogen-bond donors (Lipinski definition) is 1. The van der Waals surface area contributed by atoms with Gasteiger partial charge in [-0.15, -0.1) is 0 Å². The van der Waals surface area contributed by atoms with Crippen LogP contribution in [-0.2, 0) is 9.59 Å². The molecule has 2 amide bonds. The molecule has 1 saturated carbocycles. The molecule has 1 aromatic heterocycles. The molecule has 7 heteroatoms. The van der Waals surface area contributed by atoms with Crippen molar-refractivity contribution >= 4 is 24.0 Å². The number of fused-ring (bicyclic) bond motifs is 5. The third-order valence-corrected chi connectivity index (χ3v) is 5.77. The molecule has 1 aliphatic heterocycles. The summed E-state index contributed by atoms with van der Waals surface area (Å²) in [6.45, 7) is 0. The number of carboxylic acids is 1. The number of hydrogen-bond acceptors (Lipinski definition) is 5. The molecule has 2 aliphatic carbocycles. The summed E-state index contributed by atoms with van der Waals surface area (Å²) in [7, 11) is 0. The highest BCUT2D eigenvalue weighted by Crippen LogP contribution is 2.52. The van der Waals surface area contributed by atoms with Crippen molar-refractivity contribution in [2.24, 2.45) is 28.8 Å². The van der Waals surface area contributed by atoms with Crippen LogP contribution in [0.1, 0.15) is 22.5 Å². The third-order valence-electron chi connectivity index (χ3n) is 5.77. The maximum absolute atomic E-state index is 12.6. The zero-order valence-electron chi connectivity index (χ0n) is 14.7. The molecule has 2 bridgehead atoms. The minimum Gasteiger partial charge on any atom is -0.478 e. The van der Waals surface area contributed by atoms with E-state index in [1.54, 1.807) is 24.3 Å². The van der Waals surface area contributed by atoms with Gasteiger partial charge in [0.2, 0.25) is 0 Å². The molecular formula is C21H16N2O5. The van der Waals surface area contributed by atoms with Crippen LogP contribution in [0.25, 0.3) is 11.3 Å². The Morgan fingerprint density at radius 2 is 1.82 bits per heavy atom. The number of carboxylic acid groups (broad SMARTS) is 1. The van der Waals surface area contributed by atoms with Crippen molar-refractivity contribution in [1.82, 2.24) is 5.01 Å². The third kappa shape index (κ3) is 2.43. The van der Waals surface area contributed by atoms with Crippen LogP contribution in [0.5, 0.6) is 0 Å². The molecule has 0 unspecified atom stereocenters. The lowest BCUT2D eigenvalue weighted by atomic mass is 9.85. The first kappa shape index (κ1) is 16.7. The lowest BCUT2D eigenvalue weighted by Gasteiger charge is -2.13. The van der Waals surface area contributed by atoms with E-state index >= 15 is 0 Å². The molecule has 7 nitrogen and oxygen atoms in total. The number of benzene rings is 1. The second-order valence-corrected chi connectivity index (χ2v) is 7.32. The number of hydrazone groups is 1. The SMILES string of the molecule is O=C(O)c1cccc(-c2ccc(/C=N\N3C(=O)[C@H]4[C@H](C3=O)[C@H]3C=C[C@H]4C3)o2)c1. The molecule has 1 saturated heterocycles. The summed E-state index contributed by atoms with van der Waals surface area (Å²) in [6.07, 6.45) is 6.29. The summed E-state index contributed by atoms with van der Waals surface area (Å²) in [4.78, 5) is 36.3. The highest BCUT2D eigenvalue weighted by Gasteiger charge is 2.59. The molecule has 2 fully saturated rings. The molecule has 0 radical (unpaired) electrons. The van der Waals surface area contributed by atoms with E-state index in [0.717, 1.165) is 11.4 Å². The van der Waals surface area contributed by atoms with E-state index in [4.69, 9.17) is 9.52 Å². The summed E-state index contributed by atoms with van der Waals surface area (Å²) >= 11 is 0. The highest BCUT2D eigenvalue weighted by molar-refractivity contribution is 6.06. The van der Waals surface area contributed by atoms with Gasteiger partial charge in [-0.3, -0.25) is 9.59 Å². The summed E-state index contributed by atoms with van der Waals surface area (Å²) in [5.41, 5.74) is 0.775. The fourth-order valence-corrected chi connectivity index (χ4v) is 4.50. The van der Waals surface area contributed by atoms with Crippen LogP contribution < -0.4 is 0 Å². The summed E-state index contributed by atoms with van der Waals surface area (Å²) in [6, 6.07) is 9.74. The van der Waals surface area contributed by atoms with Crippen molar-refractivity contribution in [3.05, 3.63) is 59.9 Å². The van der Waals surface area contributed by atoms with E-state index < -0.39 is 5.97 Å². The molecule has 1 aromatic carbocycles. The molecule has 2 heterocycles. The second kappa shape index (κ2) is 6.02. The first-order chi connectivity index (χ1) is 13.5. The summed E-state index contributed by atoms with van der Waals surface area (Å²) in [5.74, 6) is -0.955. The lowest BCUT2D eigenvalue weighted by molar-refractivity contribution is -0.140. The van der Waals surface area contributed by atoms with Gasteiger partial charge in [0.15, 0.2) is 0 Å². The monoisotopic (exact) mass is 376 g/mol. The van der Waals surface area contributed by atoms with Crippen molar-refractivity contribution in [1.29, 1.82) is 0 Å². The molecule has 3 aliphatic rings. The van der Waals surface area contributed by atoms with Crippen molar-refractivity contribution in [3.63, 3.8) is 0 Å². The molecular weight excluding hydrogens is 360 g/mol. The Balaban J connectivity index is 1.36. The number of rotatable bonds is 4. The summed E-state index contributed by atoms with van der Waals surface area (Å²) < 4.78 is 5.68. The zero-order valence-corrected chi connectivity index (χ0v) is 14.7. The molecule has 1 N–H and O–H groups in total. The zero-order chi connectivity index (χ0) is 19.4. The Bertz CT molecular complexity index is 1040. The number of carbonyl (C=O) groups is 3. The standard InChI is InChI=1S/C21H16N2O5/c24-19-17-12-4-5-13(9-12)18(17)20(25)23(19)22-10-15-6-7-16(28-15)11-2-1-3-14(8-11)21(26)27/h1-8,10,12-13,17-18H,9H2,(H,26,27)/b22-10-/t12-,13-,17+,18+/m0/s1. The van der Waals surface area contributed by atoms with Gasteiger partial charge in [-0.2, -0.15) is 10.1 Å². The number of furan rings is 1. The normalized spacial score (nSPS) is 27.9. The quantitative estimate of drug-likeness (QED) is 0.502. The molecule has 140 valence electrons. The second-order valence-electron chi connectivity index (χ2n) is 7.32. The topological polar surface area (TPSA) is 100 Å². The Kier molecular flexibility index (Phi) is 3.58. The van der Waals surface area contributed by atoms with E-state index in [1.165, 1.54) is 18.3 Å². The number of allylic oxidation sites excluding steroid dienone is 2. The van der Waals surface area contributed by atoms with Crippen molar-refractivity contribution in [3.8, 4) is 11.3 Å². The van der Waals surface area contributed by atoms with Gasteiger partial charge in [0.1, 0.15) is 11.5 Å². The molecule has 4 atom stereocenters. The van der Waals surface area contributed by atoms with E-state index in [9.17, 15) is 14.4 Å². The van der Waals surface area contributed by atoms with Crippen LogP contribution in [0.3, 0.4) is 0 Å². The largest absolute Gasteiger partial charge is 0.478 e. The smallest absolute Gasteiger partial charge is 0.335 e. The Morgan fingerprint density at radius 1 is 1.11 bits per heavy atom. The van der Waals surface area contributed by atoms with Gasteiger partial charge in [-0.05, 0) is 42.5 Å².